The number of imidazole rings is 1. The molecule has 2 aliphatic heterocycles. The Bertz CT molecular complexity index is 493. The molecule has 2 aliphatic rings. The second kappa shape index (κ2) is 7.77. The van der Waals surface area contributed by atoms with Crippen LogP contribution in [0.1, 0.15) is 44.0 Å². The lowest BCUT2D eigenvalue weighted by Crippen LogP contribution is -2.40. The first-order chi connectivity index (χ1) is 11.1. The van der Waals surface area contributed by atoms with Crippen molar-refractivity contribution in [1.29, 1.82) is 0 Å². The molecule has 0 spiro atoms. The predicted octanol–water partition coefficient (Wildman–Crippen LogP) is 2.09. The van der Waals surface area contributed by atoms with Gasteiger partial charge in [0.2, 0.25) is 0 Å². The largest absolute Gasteiger partial charge is 0.380 e. The molecule has 1 aromatic heterocycles. The number of ether oxygens (including phenoxy) is 1. The van der Waals surface area contributed by atoms with Crippen LogP contribution in [0.15, 0.2) is 6.33 Å². The molecule has 1 aromatic rings. The van der Waals surface area contributed by atoms with Crippen LogP contribution in [0.4, 0.5) is 0 Å². The Hall–Kier alpha value is -0.910. The van der Waals surface area contributed by atoms with Crippen molar-refractivity contribution in [3.8, 4) is 0 Å². The molecule has 130 valence electrons. The summed E-state index contributed by atoms with van der Waals surface area (Å²) in [6.07, 6.45) is 4.70. The summed E-state index contributed by atoms with van der Waals surface area (Å²) in [5.74, 6) is 1.04. The maximum Gasteiger partial charge on any atom is 0.0949 e. The van der Waals surface area contributed by atoms with E-state index in [1.165, 1.54) is 43.9 Å². The predicted molar refractivity (Wildman–Crippen MR) is 92.6 cm³/mol. The Labute approximate surface area is 140 Å². The number of aryl methyl sites for hydroxylation is 1. The summed E-state index contributed by atoms with van der Waals surface area (Å²) < 4.78 is 8.15. The van der Waals surface area contributed by atoms with Crippen molar-refractivity contribution < 1.29 is 4.74 Å². The Kier molecular flexibility index (Phi) is 5.72. The van der Waals surface area contributed by atoms with Crippen LogP contribution < -0.4 is 0 Å². The molecule has 23 heavy (non-hydrogen) atoms. The van der Waals surface area contributed by atoms with Gasteiger partial charge in [-0.1, -0.05) is 13.8 Å². The molecule has 0 aromatic carbocycles. The topological polar surface area (TPSA) is 33.5 Å². The number of fused-ring (bicyclic) bond motifs is 1. The van der Waals surface area contributed by atoms with Gasteiger partial charge in [-0.25, -0.2) is 4.98 Å². The third kappa shape index (κ3) is 4.34. The molecule has 0 amide bonds. The zero-order valence-corrected chi connectivity index (χ0v) is 15.0. The highest BCUT2D eigenvalue weighted by Gasteiger charge is 2.29. The van der Waals surface area contributed by atoms with Crippen LogP contribution in [-0.4, -0.2) is 65.3 Å². The van der Waals surface area contributed by atoms with Gasteiger partial charge in [0.15, 0.2) is 0 Å². The Morgan fingerprint density at radius 3 is 2.70 bits per heavy atom. The van der Waals surface area contributed by atoms with E-state index in [1.54, 1.807) is 0 Å². The van der Waals surface area contributed by atoms with E-state index in [1.807, 2.05) is 6.33 Å². The summed E-state index contributed by atoms with van der Waals surface area (Å²) in [5.41, 5.74) is 2.63. The fraction of sp³-hybridized carbons (Fsp3) is 0.833. The van der Waals surface area contributed by atoms with Gasteiger partial charge in [0, 0.05) is 51.4 Å². The summed E-state index contributed by atoms with van der Waals surface area (Å²) in [4.78, 5) is 9.79. The number of hydrogen-bond acceptors (Lipinski definition) is 4. The van der Waals surface area contributed by atoms with Crippen molar-refractivity contribution >= 4 is 0 Å². The number of hydrogen-bond donors (Lipinski definition) is 0. The van der Waals surface area contributed by atoms with E-state index < -0.39 is 0 Å². The summed E-state index contributed by atoms with van der Waals surface area (Å²) in [6, 6.07) is 0. The molecule has 0 N–H and O–H groups in total. The number of nitrogens with zero attached hydrogens (tertiary/aromatic N) is 4. The second-order valence-electron chi connectivity index (χ2n) is 7.60. The van der Waals surface area contributed by atoms with E-state index in [9.17, 15) is 0 Å². The fourth-order valence-corrected chi connectivity index (χ4v) is 3.85. The van der Waals surface area contributed by atoms with Gasteiger partial charge < -0.3 is 14.2 Å². The highest BCUT2D eigenvalue weighted by Crippen LogP contribution is 2.27. The molecule has 0 saturated carbocycles. The summed E-state index contributed by atoms with van der Waals surface area (Å²) in [5, 5.41) is 0. The van der Waals surface area contributed by atoms with Gasteiger partial charge >= 0.3 is 0 Å². The van der Waals surface area contributed by atoms with Crippen molar-refractivity contribution in [2.45, 2.75) is 39.2 Å². The highest BCUT2D eigenvalue weighted by atomic mass is 16.5. The van der Waals surface area contributed by atoms with Gasteiger partial charge in [0.25, 0.3) is 0 Å². The average Bonchev–Trinajstić information content (AvgIpc) is 3.15. The van der Waals surface area contributed by atoms with Crippen LogP contribution in [0.25, 0.3) is 0 Å². The summed E-state index contributed by atoms with van der Waals surface area (Å²) in [6.45, 7) is 13.1. The van der Waals surface area contributed by atoms with E-state index in [0.29, 0.717) is 11.8 Å². The molecule has 1 atom stereocenters. The second-order valence-corrected chi connectivity index (χ2v) is 7.60. The molecule has 3 heterocycles. The Morgan fingerprint density at radius 1 is 1.22 bits per heavy atom. The Morgan fingerprint density at radius 2 is 1.96 bits per heavy atom. The molecule has 5 heteroatoms. The highest BCUT2D eigenvalue weighted by molar-refractivity contribution is 5.21. The molecule has 3 rings (SSSR count). The first kappa shape index (κ1) is 16.9. The summed E-state index contributed by atoms with van der Waals surface area (Å²) in [7, 11) is 2.11. The smallest absolute Gasteiger partial charge is 0.0949 e. The molecule has 0 aliphatic carbocycles. The molecule has 1 unspecified atom stereocenters. The zero-order valence-electron chi connectivity index (χ0n) is 15.0. The molecule has 1 fully saturated rings. The van der Waals surface area contributed by atoms with Gasteiger partial charge in [-0.15, -0.1) is 0 Å². The van der Waals surface area contributed by atoms with E-state index in [-0.39, 0.29) is 0 Å². The van der Waals surface area contributed by atoms with Gasteiger partial charge in [0.1, 0.15) is 0 Å². The van der Waals surface area contributed by atoms with Crippen molar-refractivity contribution in [2.75, 3.05) is 45.9 Å². The van der Waals surface area contributed by atoms with Crippen LogP contribution in [0.3, 0.4) is 0 Å². The molecule has 1 saturated heterocycles. The van der Waals surface area contributed by atoms with Crippen LogP contribution in [0.2, 0.25) is 0 Å². The van der Waals surface area contributed by atoms with Crippen LogP contribution in [0, 0.1) is 5.92 Å². The first-order valence-electron chi connectivity index (χ1n) is 9.16. The van der Waals surface area contributed by atoms with Gasteiger partial charge in [-0.3, -0.25) is 4.90 Å². The first-order valence-corrected chi connectivity index (χ1v) is 9.16. The third-order valence-electron chi connectivity index (χ3n) is 5.00. The molecule has 0 radical (unpaired) electrons. The van der Waals surface area contributed by atoms with Crippen molar-refractivity contribution in [3.05, 3.63) is 17.7 Å². The third-order valence-corrected chi connectivity index (χ3v) is 5.00. The number of rotatable bonds is 7. The maximum absolute atomic E-state index is 5.96. The summed E-state index contributed by atoms with van der Waals surface area (Å²) >= 11 is 0. The van der Waals surface area contributed by atoms with Crippen LogP contribution in [-0.2, 0) is 18.3 Å². The van der Waals surface area contributed by atoms with Crippen LogP contribution >= 0.6 is 0 Å². The van der Waals surface area contributed by atoms with Gasteiger partial charge in [-0.05, 0) is 31.8 Å². The lowest BCUT2D eigenvalue weighted by molar-refractivity contribution is 0.0764. The zero-order chi connectivity index (χ0) is 16.2. The quantitative estimate of drug-likeness (QED) is 0.770. The minimum Gasteiger partial charge on any atom is -0.380 e. The van der Waals surface area contributed by atoms with E-state index >= 15 is 0 Å². The molecular weight excluding hydrogens is 288 g/mol. The number of likely N-dealkylation sites (tertiary alicyclic amines) is 1. The van der Waals surface area contributed by atoms with E-state index in [0.717, 1.165) is 32.8 Å². The molecule has 0 bridgehead atoms. The standard InChI is InChI=1S/C18H32N4O/c1-15(2)12-23-13-16-10-22(9-8-21-6-4-5-7-21)11-17-18(16)20(3)14-19-17/h14-16H,4-13H2,1-3H3. The fourth-order valence-electron chi connectivity index (χ4n) is 3.85. The number of aromatic nitrogens is 2. The molecular formula is C18H32N4O. The molecule has 5 nitrogen and oxygen atoms in total. The average molecular weight is 320 g/mol. The lowest BCUT2D eigenvalue weighted by Gasteiger charge is -2.33. The van der Waals surface area contributed by atoms with Gasteiger partial charge in [-0.2, -0.15) is 0 Å². The minimum absolute atomic E-state index is 0.448. The normalized spacial score (nSPS) is 22.9. The van der Waals surface area contributed by atoms with Crippen molar-refractivity contribution in [1.82, 2.24) is 19.4 Å². The monoisotopic (exact) mass is 320 g/mol. The van der Waals surface area contributed by atoms with E-state index in [2.05, 4.69) is 40.2 Å². The van der Waals surface area contributed by atoms with Crippen molar-refractivity contribution in [3.63, 3.8) is 0 Å². The van der Waals surface area contributed by atoms with Crippen LogP contribution in [0.5, 0.6) is 0 Å². The van der Waals surface area contributed by atoms with Crippen molar-refractivity contribution in [2.24, 2.45) is 13.0 Å². The minimum atomic E-state index is 0.448. The maximum atomic E-state index is 5.96. The Balaban J connectivity index is 1.59. The SMILES string of the molecule is CC(C)COCC1CN(CCN2CCCC2)Cc2ncn(C)c21. The van der Waals surface area contributed by atoms with Gasteiger partial charge in [0.05, 0.1) is 18.6 Å². The lowest BCUT2D eigenvalue weighted by atomic mass is 9.99. The van der Waals surface area contributed by atoms with E-state index in [4.69, 9.17) is 4.74 Å².